The highest BCUT2D eigenvalue weighted by Crippen LogP contribution is 2.69. The van der Waals surface area contributed by atoms with Crippen molar-refractivity contribution in [1.29, 1.82) is 0 Å². The van der Waals surface area contributed by atoms with Crippen molar-refractivity contribution >= 4 is 10.2 Å². The van der Waals surface area contributed by atoms with E-state index >= 15 is 0 Å². The SMILES string of the molecule is C#CC1=C(C#C)C([Si])(C#C)C(C)(C#C)C(C)(C#C)C1(C)C#C. The summed E-state index contributed by atoms with van der Waals surface area (Å²) in [5.41, 5.74) is -2.29. The summed E-state index contributed by atoms with van der Waals surface area (Å²) in [7, 11) is 3.61. The molecule has 0 N–H and O–H groups in total. The van der Waals surface area contributed by atoms with Gasteiger partial charge in [-0.1, -0.05) is 35.5 Å². The Kier molecular flexibility index (Phi) is 3.91. The van der Waals surface area contributed by atoms with Crippen molar-refractivity contribution < 1.29 is 0 Å². The minimum absolute atomic E-state index is 0.378. The molecule has 1 rings (SSSR count). The highest BCUT2D eigenvalue weighted by atomic mass is 28.1. The van der Waals surface area contributed by atoms with E-state index < -0.39 is 21.3 Å². The van der Waals surface area contributed by atoms with Gasteiger partial charge < -0.3 is 0 Å². The van der Waals surface area contributed by atoms with Crippen LogP contribution in [0.15, 0.2) is 11.1 Å². The van der Waals surface area contributed by atoms with Gasteiger partial charge in [-0.3, -0.25) is 0 Å². The molecule has 22 heavy (non-hydrogen) atoms. The van der Waals surface area contributed by atoms with Gasteiger partial charge in [-0.15, -0.1) is 38.5 Å². The van der Waals surface area contributed by atoms with Crippen LogP contribution < -0.4 is 0 Å². The van der Waals surface area contributed by atoms with E-state index in [-0.39, 0.29) is 0 Å². The van der Waals surface area contributed by atoms with Gasteiger partial charge in [-0.25, -0.2) is 0 Å². The number of hydrogen-bond donors (Lipinski definition) is 0. The summed E-state index contributed by atoms with van der Waals surface area (Å²) < 4.78 is 0. The van der Waals surface area contributed by atoms with E-state index in [9.17, 15) is 0 Å². The molecule has 0 nitrogen and oxygen atoms in total. The zero-order valence-electron chi connectivity index (χ0n) is 13.0. The second-order valence-corrected chi connectivity index (χ2v) is 6.49. The van der Waals surface area contributed by atoms with E-state index in [4.69, 9.17) is 38.5 Å². The Morgan fingerprint density at radius 1 is 0.682 bits per heavy atom. The maximum absolute atomic E-state index is 5.85. The fourth-order valence-electron chi connectivity index (χ4n) is 3.18. The number of terminal acetylenes is 6. The molecule has 0 fully saturated rings. The predicted octanol–water partition coefficient (Wildman–Crippen LogP) is 2.44. The van der Waals surface area contributed by atoms with Crippen LogP contribution in [0.1, 0.15) is 20.8 Å². The molecule has 0 aliphatic heterocycles. The lowest BCUT2D eigenvalue weighted by atomic mass is 9.43. The average Bonchev–Trinajstić information content (AvgIpc) is 2.55. The van der Waals surface area contributed by atoms with E-state index in [2.05, 4.69) is 45.8 Å². The first-order valence-electron chi connectivity index (χ1n) is 6.48. The molecule has 4 atom stereocenters. The van der Waals surface area contributed by atoms with Crippen molar-refractivity contribution in [2.24, 2.45) is 16.2 Å². The van der Waals surface area contributed by atoms with Crippen LogP contribution in [-0.2, 0) is 0 Å². The summed E-state index contributed by atoms with van der Waals surface area (Å²) >= 11 is 0. The van der Waals surface area contributed by atoms with Gasteiger partial charge in [-0.2, -0.15) is 0 Å². The molecule has 0 aromatic rings. The molecule has 0 saturated carbocycles. The topological polar surface area (TPSA) is 0 Å². The number of rotatable bonds is 0. The Balaban J connectivity index is 4.31. The van der Waals surface area contributed by atoms with Gasteiger partial charge in [0.1, 0.15) is 0 Å². The van der Waals surface area contributed by atoms with Gasteiger partial charge in [-0.05, 0) is 20.8 Å². The second-order valence-electron chi connectivity index (χ2n) is 5.74. The molecule has 0 bridgehead atoms. The standard InChI is InChI=1S/C21H15Si/c1-10-16-17(11-2)21(22,15-6)20(9,14-5)19(8,13-4)18(16,7)12-3/h1-6H,7-9H3. The van der Waals surface area contributed by atoms with Crippen LogP contribution in [0.3, 0.4) is 0 Å². The zero-order chi connectivity index (χ0) is 17.4. The molecular formula is C21H15Si. The van der Waals surface area contributed by atoms with Crippen LogP contribution in [0.25, 0.3) is 0 Å². The summed E-state index contributed by atoms with van der Waals surface area (Å²) in [5, 5.41) is -1.18. The monoisotopic (exact) mass is 295 g/mol. The molecule has 0 amide bonds. The fourth-order valence-corrected chi connectivity index (χ4v) is 3.70. The Bertz CT molecular complexity index is 744. The van der Waals surface area contributed by atoms with Gasteiger partial charge in [0, 0.05) is 11.1 Å². The first-order valence-corrected chi connectivity index (χ1v) is 6.98. The third-order valence-corrected chi connectivity index (χ3v) is 6.14. The minimum atomic E-state index is -1.18. The molecule has 0 aromatic carbocycles. The van der Waals surface area contributed by atoms with Crippen molar-refractivity contribution in [2.75, 3.05) is 0 Å². The van der Waals surface area contributed by atoms with Crippen molar-refractivity contribution in [1.82, 2.24) is 0 Å². The first kappa shape index (κ1) is 17.4. The van der Waals surface area contributed by atoms with Crippen LogP contribution in [0, 0.1) is 90.3 Å². The highest BCUT2D eigenvalue weighted by molar-refractivity contribution is 6.22. The largest absolute Gasteiger partial charge is 0.119 e. The van der Waals surface area contributed by atoms with Crippen molar-refractivity contribution in [2.45, 2.75) is 25.8 Å². The van der Waals surface area contributed by atoms with Crippen molar-refractivity contribution in [3.05, 3.63) is 11.1 Å². The maximum Gasteiger partial charge on any atom is 0.0797 e. The lowest BCUT2D eigenvalue weighted by molar-refractivity contribution is 0.0757. The minimum Gasteiger partial charge on any atom is -0.119 e. The summed E-state index contributed by atoms with van der Waals surface area (Å²) in [4.78, 5) is 0. The number of allylic oxidation sites excluding steroid dienone is 2. The third-order valence-electron chi connectivity index (χ3n) is 5.25. The molecular weight excluding hydrogens is 280 g/mol. The second kappa shape index (κ2) is 4.95. The molecule has 103 valence electrons. The number of hydrogen-bond acceptors (Lipinski definition) is 0. The van der Waals surface area contributed by atoms with Gasteiger partial charge in [0.25, 0.3) is 0 Å². The maximum atomic E-state index is 5.85. The lowest BCUT2D eigenvalue weighted by Gasteiger charge is -2.59. The summed E-state index contributed by atoms with van der Waals surface area (Å²) in [5.74, 6) is 16.0. The normalized spacial score (nSPS) is 40.1. The molecule has 0 saturated heterocycles. The van der Waals surface area contributed by atoms with Crippen LogP contribution in [0.4, 0.5) is 0 Å². The molecule has 1 aliphatic carbocycles. The van der Waals surface area contributed by atoms with Crippen LogP contribution in [-0.4, -0.2) is 10.2 Å². The molecule has 0 heterocycles. The Hall–Kier alpha value is -2.68. The molecule has 1 heteroatoms. The third kappa shape index (κ3) is 1.45. The van der Waals surface area contributed by atoms with E-state index in [1.54, 1.807) is 20.8 Å². The Labute approximate surface area is 138 Å². The zero-order valence-corrected chi connectivity index (χ0v) is 14.0. The molecule has 0 spiro atoms. The van der Waals surface area contributed by atoms with E-state index in [0.717, 1.165) is 0 Å². The highest BCUT2D eigenvalue weighted by Gasteiger charge is 2.67. The van der Waals surface area contributed by atoms with Gasteiger partial charge >= 0.3 is 0 Å². The lowest BCUT2D eigenvalue weighted by Crippen LogP contribution is -2.58. The predicted molar refractivity (Wildman–Crippen MR) is 92.8 cm³/mol. The molecule has 3 radical (unpaired) electrons. The van der Waals surface area contributed by atoms with Crippen LogP contribution in [0.5, 0.6) is 0 Å². The van der Waals surface area contributed by atoms with Crippen LogP contribution in [0.2, 0.25) is 5.04 Å². The first-order chi connectivity index (χ1) is 10.1. The van der Waals surface area contributed by atoms with E-state index in [1.807, 2.05) is 0 Å². The van der Waals surface area contributed by atoms with Gasteiger partial charge in [0.2, 0.25) is 0 Å². The van der Waals surface area contributed by atoms with Crippen molar-refractivity contribution in [3.63, 3.8) is 0 Å². The molecule has 0 aromatic heterocycles. The van der Waals surface area contributed by atoms with Crippen LogP contribution >= 0.6 is 0 Å². The van der Waals surface area contributed by atoms with E-state index in [0.29, 0.717) is 11.1 Å². The molecule has 1 aliphatic rings. The molecule has 4 unspecified atom stereocenters. The Morgan fingerprint density at radius 2 is 1.14 bits per heavy atom. The quantitative estimate of drug-likeness (QED) is 0.476. The fraction of sp³-hybridized carbons (Fsp3) is 0.333. The average molecular weight is 295 g/mol. The summed E-state index contributed by atoms with van der Waals surface area (Å²) in [6, 6.07) is 0. The van der Waals surface area contributed by atoms with Gasteiger partial charge in [0.15, 0.2) is 0 Å². The van der Waals surface area contributed by atoms with E-state index in [1.165, 1.54) is 0 Å². The smallest absolute Gasteiger partial charge is 0.0797 e. The van der Waals surface area contributed by atoms with Gasteiger partial charge in [0.05, 0.1) is 31.5 Å². The summed E-state index contributed by atoms with van der Waals surface area (Å²) in [6.45, 7) is 5.35. The summed E-state index contributed by atoms with van der Waals surface area (Å²) in [6.07, 6.45) is 34.6. The van der Waals surface area contributed by atoms with Crippen molar-refractivity contribution in [3.8, 4) is 74.1 Å². The Morgan fingerprint density at radius 3 is 1.41 bits per heavy atom.